The van der Waals surface area contributed by atoms with Gasteiger partial charge in [0.05, 0.1) is 31.5 Å². The average molecular weight is 638 g/mol. The van der Waals surface area contributed by atoms with Crippen molar-refractivity contribution in [1.29, 1.82) is 0 Å². The third-order valence-corrected chi connectivity index (χ3v) is 8.34. The zero-order valence-corrected chi connectivity index (χ0v) is 28.5. The zero-order valence-electron chi connectivity index (χ0n) is 28.5. The van der Waals surface area contributed by atoms with Crippen LogP contribution in [0.3, 0.4) is 0 Å². The summed E-state index contributed by atoms with van der Waals surface area (Å²) >= 11 is 0. The van der Waals surface area contributed by atoms with Crippen molar-refractivity contribution >= 4 is 5.91 Å². The highest BCUT2D eigenvalue weighted by Crippen LogP contribution is 2.21. The molecule has 0 aromatic rings. The van der Waals surface area contributed by atoms with Crippen LogP contribution in [0, 0.1) is 0 Å². The van der Waals surface area contributed by atoms with Gasteiger partial charge in [0.1, 0.15) is 12.2 Å². The number of allylic oxidation sites excluding steroid dienone is 5. The molecule has 0 spiro atoms. The van der Waals surface area contributed by atoms with E-state index in [0.29, 0.717) is 6.42 Å². The first-order valence-corrected chi connectivity index (χ1v) is 18.1. The van der Waals surface area contributed by atoms with E-state index in [2.05, 4.69) is 37.4 Å². The summed E-state index contributed by atoms with van der Waals surface area (Å²) in [5.74, 6) is -0.199. The molecule has 1 heterocycles. The van der Waals surface area contributed by atoms with E-state index in [9.17, 15) is 25.2 Å². The predicted octanol–water partition coefficient (Wildman–Crippen LogP) is 6.80. The summed E-state index contributed by atoms with van der Waals surface area (Å²) in [5.41, 5.74) is 0. The van der Waals surface area contributed by atoms with Crippen LogP contribution in [-0.2, 0) is 14.3 Å². The van der Waals surface area contributed by atoms with Crippen molar-refractivity contribution < 1.29 is 34.7 Å². The molecule has 1 aliphatic heterocycles. The SMILES string of the molecule is CCCCC/C=C\C/C=C\CCC(=O)N[C@@H](COC1OC(CO)C(O)CC1O)[C@H](O)/C=C/CCCCCCCCCCCCC. The average Bonchev–Trinajstić information content (AvgIpc) is 3.03. The van der Waals surface area contributed by atoms with Crippen LogP contribution in [0.5, 0.6) is 0 Å². The fourth-order valence-electron chi connectivity index (χ4n) is 5.41. The molecule has 262 valence electrons. The van der Waals surface area contributed by atoms with Gasteiger partial charge in [-0.05, 0) is 38.5 Å². The van der Waals surface area contributed by atoms with Crippen LogP contribution in [0.25, 0.3) is 0 Å². The topological polar surface area (TPSA) is 128 Å². The number of nitrogens with one attached hydrogen (secondary N) is 1. The minimum atomic E-state index is -1.08. The second kappa shape index (κ2) is 28.7. The maximum Gasteiger partial charge on any atom is 0.220 e. The molecule has 0 aromatic carbocycles. The Balaban J connectivity index is 2.49. The standard InChI is InChI=1S/C37H67NO7/c1-3-5-7-9-11-13-15-16-17-18-20-22-24-26-32(40)31(30-44-37-34(42)28-33(41)35(29-39)45-37)38-36(43)27-25-23-21-19-14-12-10-8-6-4-2/h12,14,21,23-24,26,31-35,37,39-42H,3-11,13,15-20,22,25,27-30H2,1-2H3,(H,38,43)/b14-12-,23-21-,26-24+/t31-,32+,33?,34?,35?,37?/m0/s1. The lowest BCUT2D eigenvalue weighted by molar-refractivity contribution is -0.272. The van der Waals surface area contributed by atoms with Crippen molar-refractivity contribution in [1.82, 2.24) is 5.32 Å². The number of hydrogen-bond donors (Lipinski definition) is 5. The lowest BCUT2D eigenvalue weighted by Gasteiger charge is -2.37. The largest absolute Gasteiger partial charge is 0.394 e. The Hall–Kier alpha value is -1.55. The Labute approximate surface area is 274 Å². The number of aliphatic hydroxyl groups is 4. The molecule has 4 unspecified atom stereocenters. The highest BCUT2D eigenvalue weighted by Gasteiger charge is 2.37. The fourth-order valence-corrected chi connectivity index (χ4v) is 5.41. The van der Waals surface area contributed by atoms with Gasteiger partial charge in [-0.2, -0.15) is 0 Å². The number of carbonyl (C=O) groups is 1. The monoisotopic (exact) mass is 637 g/mol. The lowest BCUT2D eigenvalue weighted by Crippen LogP contribution is -2.52. The minimum absolute atomic E-state index is 0.00853. The molecular weight excluding hydrogens is 570 g/mol. The maximum atomic E-state index is 12.7. The van der Waals surface area contributed by atoms with E-state index in [1.165, 1.54) is 77.0 Å². The molecule has 8 nitrogen and oxygen atoms in total. The van der Waals surface area contributed by atoms with Crippen molar-refractivity contribution in [2.45, 2.75) is 179 Å². The first-order chi connectivity index (χ1) is 21.9. The summed E-state index contributed by atoms with van der Waals surface area (Å²) in [6.07, 6.45) is 28.6. The van der Waals surface area contributed by atoms with Crippen molar-refractivity contribution in [2.24, 2.45) is 0 Å². The van der Waals surface area contributed by atoms with Gasteiger partial charge >= 0.3 is 0 Å². The summed E-state index contributed by atoms with van der Waals surface area (Å²) in [5, 5.41) is 43.6. The molecule has 5 N–H and O–H groups in total. The molecule has 0 aromatic heterocycles. The van der Waals surface area contributed by atoms with Crippen molar-refractivity contribution in [3.63, 3.8) is 0 Å². The van der Waals surface area contributed by atoms with Crippen LogP contribution < -0.4 is 5.32 Å². The number of amides is 1. The molecule has 1 amide bonds. The fraction of sp³-hybridized carbons (Fsp3) is 0.811. The van der Waals surface area contributed by atoms with E-state index >= 15 is 0 Å². The number of aliphatic hydroxyl groups excluding tert-OH is 4. The van der Waals surface area contributed by atoms with Crippen LogP contribution in [-0.4, -0.2) is 76.3 Å². The normalized spacial score (nSPS) is 22.1. The molecule has 0 aliphatic carbocycles. The van der Waals surface area contributed by atoms with E-state index < -0.39 is 43.4 Å². The zero-order chi connectivity index (χ0) is 33.0. The molecule has 0 saturated carbocycles. The highest BCUT2D eigenvalue weighted by molar-refractivity contribution is 5.76. The Morgan fingerprint density at radius 2 is 1.36 bits per heavy atom. The third-order valence-electron chi connectivity index (χ3n) is 8.34. The lowest BCUT2D eigenvalue weighted by atomic mass is 10.0. The molecule has 1 aliphatic rings. The molecule has 1 saturated heterocycles. The number of rotatable bonds is 28. The summed E-state index contributed by atoms with van der Waals surface area (Å²) < 4.78 is 11.3. The van der Waals surface area contributed by atoms with Gasteiger partial charge in [-0.1, -0.05) is 127 Å². The number of carbonyl (C=O) groups excluding carboxylic acids is 1. The molecule has 0 radical (unpaired) electrons. The van der Waals surface area contributed by atoms with Gasteiger partial charge in [0.2, 0.25) is 5.91 Å². The van der Waals surface area contributed by atoms with Crippen LogP contribution in [0.1, 0.15) is 142 Å². The van der Waals surface area contributed by atoms with E-state index in [0.717, 1.165) is 32.1 Å². The Bertz CT molecular complexity index is 787. The third kappa shape index (κ3) is 21.8. The number of ether oxygens (including phenoxy) is 2. The summed E-state index contributed by atoms with van der Waals surface area (Å²) in [6, 6.07) is -0.740. The molecule has 1 rings (SSSR count). The smallest absolute Gasteiger partial charge is 0.220 e. The molecule has 45 heavy (non-hydrogen) atoms. The van der Waals surface area contributed by atoms with Gasteiger partial charge in [0.15, 0.2) is 6.29 Å². The van der Waals surface area contributed by atoms with Crippen LogP contribution in [0.4, 0.5) is 0 Å². The Morgan fingerprint density at radius 1 is 0.800 bits per heavy atom. The van der Waals surface area contributed by atoms with Crippen molar-refractivity contribution in [3.8, 4) is 0 Å². The van der Waals surface area contributed by atoms with Crippen LogP contribution in [0.15, 0.2) is 36.5 Å². The van der Waals surface area contributed by atoms with Crippen LogP contribution in [0.2, 0.25) is 0 Å². The maximum absolute atomic E-state index is 12.7. The van der Waals surface area contributed by atoms with E-state index in [1.54, 1.807) is 6.08 Å². The van der Waals surface area contributed by atoms with Gasteiger partial charge in [0, 0.05) is 12.8 Å². The number of hydrogen-bond acceptors (Lipinski definition) is 7. The van der Waals surface area contributed by atoms with Gasteiger partial charge in [0.25, 0.3) is 0 Å². The Morgan fingerprint density at radius 3 is 2.00 bits per heavy atom. The quantitative estimate of drug-likeness (QED) is 0.0472. The van der Waals surface area contributed by atoms with Crippen molar-refractivity contribution in [2.75, 3.05) is 13.2 Å². The van der Waals surface area contributed by atoms with E-state index in [1.807, 2.05) is 12.2 Å². The first kappa shape index (κ1) is 41.5. The minimum Gasteiger partial charge on any atom is -0.394 e. The molecule has 1 fully saturated rings. The highest BCUT2D eigenvalue weighted by atomic mass is 16.7. The molecule has 0 bridgehead atoms. The first-order valence-electron chi connectivity index (χ1n) is 18.1. The van der Waals surface area contributed by atoms with Gasteiger partial charge in [-0.25, -0.2) is 0 Å². The van der Waals surface area contributed by atoms with Gasteiger partial charge < -0.3 is 35.2 Å². The second-order valence-corrected chi connectivity index (χ2v) is 12.6. The Kier molecular flexibility index (Phi) is 26.4. The summed E-state index contributed by atoms with van der Waals surface area (Å²) in [7, 11) is 0. The van der Waals surface area contributed by atoms with Gasteiger partial charge in [-0.3, -0.25) is 4.79 Å². The number of unbranched alkanes of at least 4 members (excludes halogenated alkanes) is 14. The molecule has 6 atom stereocenters. The van der Waals surface area contributed by atoms with E-state index in [-0.39, 0.29) is 25.4 Å². The summed E-state index contributed by atoms with van der Waals surface area (Å²) in [6.45, 7) is 3.95. The molecule has 8 heteroatoms. The van der Waals surface area contributed by atoms with Crippen molar-refractivity contribution in [3.05, 3.63) is 36.5 Å². The van der Waals surface area contributed by atoms with E-state index in [4.69, 9.17) is 9.47 Å². The van der Waals surface area contributed by atoms with Gasteiger partial charge in [-0.15, -0.1) is 0 Å². The van der Waals surface area contributed by atoms with Crippen LogP contribution >= 0.6 is 0 Å². The molecular formula is C37H67NO7. The predicted molar refractivity (Wildman–Crippen MR) is 183 cm³/mol. The summed E-state index contributed by atoms with van der Waals surface area (Å²) in [4.78, 5) is 12.7. The second-order valence-electron chi connectivity index (χ2n) is 12.6.